The molecule has 146 valence electrons. The lowest BCUT2D eigenvalue weighted by Gasteiger charge is -2.14. The average Bonchev–Trinajstić information content (AvgIpc) is 3.04. The Balaban J connectivity index is 2.01. The van der Waals surface area contributed by atoms with Crippen LogP contribution in [0, 0.1) is 5.92 Å². The summed E-state index contributed by atoms with van der Waals surface area (Å²) in [4.78, 5) is 39.2. The van der Waals surface area contributed by atoms with Gasteiger partial charge in [-0.2, -0.15) is 0 Å². The van der Waals surface area contributed by atoms with Gasteiger partial charge in [0.15, 0.2) is 5.58 Å². The fourth-order valence-corrected chi connectivity index (χ4v) is 2.68. The van der Waals surface area contributed by atoms with Gasteiger partial charge in [0.25, 0.3) is 0 Å². The van der Waals surface area contributed by atoms with Gasteiger partial charge in [-0.05, 0) is 18.6 Å². The third-order valence-electron chi connectivity index (χ3n) is 4.00. The highest BCUT2D eigenvalue weighted by molar-refractivity contribution is 5.91. The molecule has 0 fully saturated rings. The number of fused-ring (bicyclic) bond motifs is 1. The van der Waals surface area contributed by atoms with E-state index in [-0.39, 0.29) is 24.8 Å². The van der Waals surface area contributed by atoms with Gasteiger partial charge in [-0.15, -0.1) is 0 Å². The van der Waals surface area contributed by atoms with Gasteiger partial charge in [-0.3, -0.25) is 19.6 Å². The number of hydrogen-bond acceptors (Lipinski definition) is 6. The highest BCUT2D eigenvalue weighted by Crippen LogP contribution is 2.20. The predicted molar refractivity (Wildman–Crippen MR) is 97.7 cm³/mol. The number of carbonyl (C=O) groups is 3. The Morgan fingerprint density at radius 1 is 1.30 bits per heavy atom. The highest BCUT2D eigenvalue weighted by atomic mass is 16.5. The zero-order valence-electron chi connectivity index (χ0n) is 15.4. The molecule has 2 aromatic rings. The summed E-state index contributed by atoms with van der Waals surface area (Å²) >= 11 is 0. The summed E-state index contributed by atoms with van der Waals surface area (Å²) in [5, 5.41) is 14.1. The van der Waals surface area contributed by atoms with Gasteiger partial charge in [0.2, 0.25) is 23.6 Å². The van der Waals surface area contributed by atoms with Crippen molar-refractivity contribution >= 4 is 34.5 Å². The first-order chi connectivity index (χ1) is 12.9. The summed E-state index contributed by atoms with van der Waals surface area (Å²) in [5.74, 6) is -1.30. The van der Waals surface area contributed by atoms with Crippen LogP contribution in [0.15, 0.2) is 22.6 Å². The Hall–Kier alpha value is -2.94. The third kappa shape index (κ3) is 6.07. The van der Waals surface area contributed by atoms with Crippen molar-refractivity contribution in [3.8, 4) is 0 Å². The smallest absolute Gasteiger partial charge is 0.244 e. The van der Waals surface area contributed by atoms with Crippen molar-refractivity contribution in [1.82, 2.24) is 15.8 Å². The van der Waals surface area contributed by atoms with E-state index in [9.17, 15) is 14.4 Å². The van der Waals surface area contributed by atoms with E-state index < -0.39 is 11.8 Å². The summed E-state index contributed by atoms with van der Waals surface area (Å²) in [6.07, 6.45) is 2.15. The second-order valence-corrected chi connectivity index (χ2v) is 6.27. The van der Waals surface area contributed by atoms with Gasteiger partial charge in [0, 0.05) is 31.0 Å². The highest BCUT2D eigenvalue weighted by Gasteiger charge is 2.21. The second-order valence-electron chi connectivity index (χ2n) is 6.27. The lowest BCUT2D eigenvalue weighted by atomic mass is 9.97. The topological polar surface area (TPSA) is 134 Å². The molecule has 9 nitrogen and oxygen atoms in total. The lowest BCUT2D eigenvalue weighted by Crippen LogP contribution is -2.34. The van der Waals surface area contributed by atoms with Gasteiger partial charge < -0.3 is 15.1 Å². The zero-order valence-corrected chi connectivity index (χ0v) is 15.4. The molecule has 0 spiro atoms. The number of amides is 3. The maximum Gasteiger partial charge on any atom is 0.244 e. The predicted octanol–water partition coefficient (Wildman–Crippen LogP) is 2.10. The summed E-state index contributed by atoms with van der Waals surface area (Å²) < 4.78 is 5.61. The van der Waals surface area contributed by atoms with Crippen LogP contribution in [0.5, 0.6) is 0 Å². The van der Waals surface area contributed by atoms with Crippen molar-refractivity contribution < 1.29 is 24.0 Å². The third-order valence-corrected chi connectivity index (χ3v) is 4.00. The van der Waals surface area contributed by atoms with Crippen LogP contribution in [-0.4, -0.2) is 27.9 Å². The summed E-state index contributed by atoms with van der Waals surface area (Å²) in [7, 11) is 0. The molecule has 0 unspecified atom stereocenters. The maximum atomic E-state index is 12.4. The molecule has 0 radical (unpaired) electrons. The molecule has 1 atom stereocenters. The standard InChI is InChI=1S/C18H24N4O5/c1-3-4-5-12(8-16(24)22-26)18(25)19-10-17-21-14-7-6-13(20-11(2)23)9-15(14)27-17/h6-7,9,12,26H,3-5,8,10H2,1-2H3,(H,19,25)(H,20,23)(H,22,24)/t12-/m1/s1. The monoisotopic (exact) mass is 376 g/mol. The Morgan fingerprint density at radius 3 is 2.74 bits per heavy atom. The lowest BCUT2D eigenvalue weighted by molar-refractivity contribution is -0.135. The summed E-state index contributed by atoms with van der Waals surface area (Å²) in [6, 6.07) is 5.08. The first-order valence-electron chi connectivity index (χ1n) is 8.80. The van der Waals surface area contributed by atoms with Crippen LogP contribution in [0.2, 0.25) is 0 Å². The van der Waals surface area contributed by atoms with Crippen molar-refractivity contribution in [3.05, 3.63) is 24.1 Å². The molecule has 1 aromatic carbocycles. The largest absolute Gasteiger partial charge is 0.439 e. The number of anilines is 1. The molecule has 1 aromatic heterocycles. The second kappa shape index (κ2) is 9.67. The molecule has 0 bridgehead atoms. The minimum absolute atomic E-state index is 0.0757. The van der Waals surface area contributed by atoms with E-state index in [1.54, 1.807) is 23.7 Å². The van der Waals surface area contributed by atoms with E-state index in [0.29, 0.717) is 29.1 Å². The molecule has 0 saturated carbocycles. The van der Waals surface area contributed by atoms with Gasteiger partial charge in [-0.25, -0.2) is 10.5 Å². The number of rotatable bonds is 9. The normalized spacial score (nSPS) is 11.8. The molecule has 3 amide bonds. The van der Waals surface area contributed by atoms with E-state index in [0.717, 1.165) is 12.8 Å². The molecule has 2 rings (SSSR count). The van der Waals surface area contributed by atoms with E-state index in [1.165, 1.54) is 6.92 Å². The van der Waals surface area contributed by atoms with Gasteiger partial charge >= 0.3 is 0 Å². The molecule has 0 aliphatic rings. The molecule has 0 saturated heterocycles. The minimum Gasteiger partial charge on any atom is -0.439 e. The first kappa shape index (κ1) is 20.4. The molecule has 0 aliphatic heterocycles. The maximum absolute atomic E-state index is 12.4. The van der Waals surface area contributed by atoms with Crippen LogP contribution < -0.4 is 16.1 Å². The Labute approximate surface area is 156 Å². The van der Waals surface area contributed by atoms with Crippen molar-refractivity contribution in [3.63, 3.8) is 0 Å². The Bertz CT molecular complexity index is 817. The molecule has 0 aliphatic carbocycles. The van der Waals surface area contributed by atoms with Crippen molar-refractivity contribution in [1.29, 1.82) is 0 Å². The van der Waals surface area contributed by atoms with Crippen LogP contribution in [-0.2, 0) is 20.9 Å². The van der Waals surface area contributed by atoms with Gasteiger partial charge in [0.05, 0.1) is 6.54 Å². The molecular formula is C18H24N4O5. The molecule has 4 N–H and O–H groups in total. The van der Waals surface area contributed by atoms with E-state index in [2.05, 4.69) is 15.6 Å². The molecular weight excluding hydrogens is 352 g/mol. The number of carbonyl (C=O) groups excluding carboxylic acids is 3. The van der Waals surface area contributed by atoms with Crippen molar-refractivity contribution in [2.45, 2.75) is 46.1 Å². The van der Waals surface area contributed by atoms with Crippen LogP contribution in [0.1, 0.15) is 45.4 Å². The number of aromatic nitrogens is 1. The van der Waals surface area contributed by atoms with Crippen LogP contribution in [0.4, 0.5) is 5.69 Å². The fourth-order valence-electron chi connectivity index (χ4n) is 2.68. The Kier molecular flexibility index (Phi) is 7.30. The quantitative estimate of drug-likeness (QED) is 0.391. The number of benzene rings is 1. The minimum atomic E-state index is -0.599. The van der Waals surface area contributed by atoms with E-state index >= 15 is 0 Å². The summed E-state index contributed by atoms with van der Waals surface area (Å²) in [5.41, 5.74) is 3.25. The van der Waals surface area contributed by atoms with Gasteiger partial charge in [0.1, 0.15) is 5.52 Å². The number of hydroxylamine groups is 1. The van der Waals surface area contributed by atoms with Crippen molar-refractivity contribution in [2.24, 2.45) is 5.92 Å². The Morgan fingerprint density at radius 2 is 2.07 bits per heavy atom. The summed E-state index contributed by atoms with van der Waals surface area (Å²) in [6.45, 7) is 3.48. The SMILES string of the molecule is CCCC[C@H](CC(=O)NO)C(=O)NCc1nc2ccc(NC(C)=O)cc2o1. The number of nitrogens with one attached hydrogen (secondary N) is 3. The molecule has 9 heteroatoms. The molecule has 1 heterocycles. The van der Waals surface area contributed by atoms with Crippen molar-refractivity contribution in [2.75, 3.05) is 5.32 Å². The number of hydrogen-bond donors (Lipinski definition) is 4. The van der Waals surface area contributed by atoms with Crippen LogP contribution in [0.3, 0.4) is 0 Å². The number of oxazole rings is 1. The van der Waals surface area contributed by atoms with E-state index in [4.69, 9.17) is 9.62 Å². The van der Waals surface area contributed by atoms with Crippen LogP contribution in [0.25, 0.3) is 11.1 Å². The fraction of sp³-hybridized carbons (Fsp3) is 0.444. The first-order valence-corrected chi connectivity index (χ1v) is 8.80. The zero-order chi connectivity index (χ0) is 19.8. The number of unbranched alkanes of at least 4 members (excludes halogenated alkanes) is 1. The van der Waals surface area contributed by atoms with Gasteiger partial charge in [-0.1, -0.05) is 19.8 Å². The molecule has 27 heavy (non-hydrogen) atoms. The van der Waals surface area contributed by atoms with E-state index in [1.807, 2.05) is 6.92 Å². The number of nitrogens with zero attached hydrogens (tertiary/aromatic N) is 1. The average molecular weight is 376 g/mol. The van der Waals surface area contributed by atoms with Crippen LogP contribution >= 0.6 is 0 Å².